The van der Waals surface area contributed by atoms with E-state index in [1.165, 1.54) is 28.6 Å². The molecule has 1 heterocycles. The van der Waals surface area contributed by atoms with Gasteiger partial charge in [0.1, 0.15) is 0 Å². The Hall–Kier alpha value is -1.71. The summed E-state index contributed by atoms with van der Waals surface area (Å²) in [5.41, 5.74) is 5.46. The van der Waals surface area contributed by atoms with Crippen LogP contribution in [0.3, 0.4) is 0 Å². The van der Waals surface area contributed by atoms with Gasteiger partial charge in [-0.1, -0.05) is 0 Å². The normalized spacial score (nSPS) is 19.1. The standard InChI is InChI=1S/C15H20N4O3S2/c16-14(20)11-1-5-13(6-2-11)24(21,22)19-9-7-18(8-10-19)15(23)17-12-3-4-12/h1-2,5-6,12H,3-4,7-10H2,(H2,16,20)(H,17,23). The molecule has 9 heteroatoms. The highest BCUT2D eigenvalue weighted by Gasteiger charge is 2.30. The number of thiocarbonyl (C=S) groups is 1. The zero-order chi connectivity index (χ0) is 17.3. The highest BCUT2D eigenvalue weighted by atomic mass is 32.2. The molecule has 0 aromatic heterocycles. The highest BCUT2D eigenvalue weighted by Crippen LogP contribution is 2.21. The molecule has 0 radical (unpaired) electrons. The molecule has 0 spiro atoms. The second-order valence-electron chi connectivity index (χ2n) is 6.00. The van der Waals surface area contributed by atoms with Gasteiger partial charge in [0.15, 0.2) is 5.11 Å². The monoisotopic (exact) mass is 368 g/mol. The maximum atomic E-state index is 12.7. The fourth-order valence-electron chi connectivity index (χ4n) is 2.57. The Morgan fingerprint density at radius 2 is 1.71 bits per heavy atom. The summed E-state index contributed by atoms with van der Waals surface area (Å²) in [4.78, 5) is 13.3. The van der Waals surface area contributed by atoms with Crippen LogP contribution in [0.25, 0.3) is 0 Å². The van der Waals surface area contributed by atoms with E-state index in [0.717, 1.165) is 12.8 Å². The summed E-state index contributed by atoms with van der Waals surface area (Å²) in [6, 6.07) is 6.19. The quantitative estimate of drug-likeness (QED) is 0.734. The zero-order valence-electron chi connectivity index (χ0n) is 13.1. The molecular formula is C15H20N4O3S2. The van der Waals surface area contributed by atoms with Crippen molar-refractivity contribution < 1.29 is 13.2 Å². The molecule has 2 aliphatic rings. The van der Waals surface area contributed by atoms with Gasteiger partial charge in [0.25, 0.3) is 0 Å². The first kappa shape index (κ1) is 17.1. The first-order valence-electron chi connectivity index (χ1n) is 7.83. The van der Waals surface area contributed by atoms with Crippen LogP contribution in [0.1, 0.15) is 23.2 Å². The number of piperazine rings is 1. The van der Waals surface area contributed by atoms with E-state index >= 15 is 0 Å². The zero-order valence-corrected chi connectivity index (χ0v) is 14.8. The van der Waals surface area contributed by atoms with Gasteiger partial charge >= 0.3 is 0 Å². The van der Waals surface area contributed by atoms with Crippen LogP contribution in [0.15, 0.2) is 29.2 Å². The third-order valence-electron chi connectivity index (χ3n) is 4.21. The SMILES string of the molecule is NC(=O)c1ccc(S(=O)(=O)N2CCN(C(=S)NC3CC3)CC2)cc1. The maximum Gasteiger partial charge on any atom is 0.248 e. The number of nitrogens with two attached hydrogens (primary N) is 1. The molecule has 1 aliphatic carbocycles. The van der Waals surface area contributed by atoms with Crippen molar-refractivity contribution in [1.29, 1.82) is 0 Å². The van der Waals surface area contributed by atoms with E-state index in [1.807, 2.05) is 4.90 Å². The van der Waals surface area contributed by atoms with Crippen molar-refractivity contribution in [3.05, 3.63) is 29.8 Å². The van der Waals surface area contributed by atoms with Crippen molar-refractivity contribution in [3.8, 4) is 0 Å². The summed E-state index contributed by atoms with van der Waals surface area (Å²) in [5.74, 6) is -0.579. The topological polar surface area (TPSA) is 95.7 Å². The Morgan fingerprint density at radius 1 is 1.12 bits per heavy atom. The number of hydrogen-bond donors (Lipinski definition) is 2. The van der Waals surface area contributed by atoms with Gasteiger partial charge in [0.2, 0.25) is 15.9 Å². The molecule has 1 saturated heterocycles. The van der Waals surface area contributed by atoms with Crippen molar-refractivity contribution in [3.63, 3.8) is 0 Å². The number of hydrogen-bond acceptors (Lipinski definition) is 4. The largest absolute Gasteiger partial charge is 0.366 e. The summed E-state index contributed by atoms with van der Waals surface area (Å²) >= 11 is 5.36. The molecule has 7 nitrogen and oxygen atoms in total. The lowest BCUT2D eigenvalue weighted by atomic mass is 10.2. The molecule has 3 N–H and O–H groups in total. The van der Waals surface area contributed by atoms with E-state index < -0.39 is 15.9 Å². The Morgan fingerprint density at radius 3 is 2.21 bits per heavy atom. The molecule has 24 heavy (non-hydrogen) atoms. The van der Waals surface area contributed by atoms with Crippen LogP contribution in [0.4, 0.5) is 0 Å². The summed E-state index contributed by atoms with van der Waals surface area (Å²) < 4.78 is 26.8. The molecular weight excluding hydrogens is 348 g/mol. The van der Waals surface area contributed by atoms with Crippen LogP contribution in [0.5, 0.6) is 0 Å². The third kappa shape index (κ3) is 3.68. The molecule has 1 saturated carbocycles. The number of nitrogens with zero attached hydrogens (tertiary/aromatic N) is 2. The smallest absolute Gasteiger partial charge is 0.248 e. The molecule has 1 aromatic carbocycles. The van der Waals surface area contributed by atoms with Crippen LogP contribution in [0, 0.1) is 0 Å². The van der Waals surface area contributed by atoms with Crippen molar-refractivity contribution in [2.45, 2.75) is 23.8 Å². The number of rotatable bonds is 4. The summed E-state index contributed by atoms with van der Waals surface area (Å²) in [5, 5.41) is 3.98. The first-order chi connectivity index (χ1) is 11.4. The minimum Gasteiger partial charge on any atom is -0.366 e. The lowest BCUT2D eigenvalue weighted by molar-refractivity contribution is 0.1000. The van der Waals surface area contributed by atoms with Gasteiger partial charge in [0, 0.05) is 37.8 Å². The van der Waals surface area contributed by atoms with Crippen LogP contribution >= 0.6 is 12.2 Å². The van der Waals surface area contributed by atoms with Crippen molar-refractivity contribution in [2.24, 2.45) is 5.73 Å². The first-order valence-corrected chi connectivity index (χ1v) is 9.68. The average molecular weight is 368 g/mol. The summed E-state index contributed by atoms with van der Waals surface area (Å²) in [6.45, 7) is 1.90. The molecule has 2 fully saturated rings. The molecule has 130 valence electrons. The van der Waals surface area contributed by atoms with E-state index in [4.69, 9.17) is 18.0 Å². The van der Waals surface area contributed by atoms with Gasteiger partial charge in [0.05, 0.1) is 4.90 Å². The van der Waals surface area contributed by atoms with Crippen LogP contribution in [-0.4, -0.2) is 60.9 Å². The van der Waals surface area contributed by atoms with Gasteiger partial charge in [-0.3, -0.25) is 4.79 Å². The van der Waals surface area contributed by atoms with Gasteiger partial charge in [-0.25, -0.2) is 8.42 Å². The summed E-state index contributed by atoms with van der Waals surface area (Å²) in [6.07, 6.45) is 2.30. The predicted molar refractivity (Wildman–Crippen MR) is 94.0 cm³/mol. The number of carbonyl (C=O) groups is 1. The fraction of sp³-hybridized carbons (Fsp3) is 0.467. The predicted octanol–water partition coefficient (Wildman–Crippen LogP) is 0.129. The maximum absolute atomic E-state index is 12.7. The Balaban J connectivity index is 1.63. The second kappa shape index (κ2) is 6.66. The van der Waals surface area contributed by atoms with E-state index in [1.54, 1.807) is 0 Å². The van der Waals surface area contributed by atoms with Crippen molar-refractivity contribution in [1.82, 2.24) is 14.5 Å². The Bertz CT molecular complexity index is 736. The minimum absolute atomic E-state index is 0.166. The third-order valence-corrected chi connectivity index (χ3v) is 6.50. The van der Waals surface area contributed by atoms with Crippen LogP contribution in [-0.2, 0) is 10.0 Å². The highest BCUT2D eigenvalue weighted by molar-refractivity contribution is 7.89. The van der Waals surface area contributed by atoms with E-state index in [0.29, 0.717) is 37.3 Å². The average Bonchev–Trinajstić information content (AvgIpc) is 3.39. The van der Waals surface area contributed by atoms with Crippen molar-refractivity contribution >= 4 is 33.3 Å². The number of benzene rings is 1. The Kier molecular flexibility index (Phi) is 4.75. The molecule has 1 aliphatic heterocycles. The number of primary amides is 1. The second-order valence-corrected chi connectivity index (χ2v) is 8.33. The van der Waals surface area contributed by atoms with Crippen molar-refractivity contribution in [2.75, 3.05) is 26.2 Å². The molecule has 0 bridgehead atoms. The molecule has 1 amide bonds. The van der Waals surface area contributed by atoms with Gasteiger partial charge < -0.3 is 16.0 Å². The van der Waals surface area contributed by atoms with E-state index in [2.05, 4.69) is 5.32 Å². The number of carbonyl (C=O) groups excluding carboxylic acids is 1. The van der Waals surface area contributed by atoms with E-state index in [9.17, 15) is 13.2 Å². The molecule has 0 atom stereocenters. The molecule has 1 aromatic rings. The van der Waals surface area contributed by atoms with Crippen LogP contribution < -0.4 is 11.1 Å². The fourth-order valence-corrected chi connectivity index (χ4v) is 4.34. The van der Waals surface area contributed by atoms with Gasteiger partial charge in [-0.2, -0.15) is 4.31 Å². The molecule has 0 unspecified atom stereocenters. The number of sulfonamides is 1. The van der Waals surface area contributed by atoms with Crippen LogP contribution in [0.2, 0.25) is 0 Å². The minimum atomic E-state index is -3.57. The van der Waals surface area contributed by atoms with Gasteiger partial charge in [-0.15, -0.1) is 0 Å². The van der Waals surface area contributed by atoms with E-state index in [-0.39, 0.29) is 10.5 Å². The lowest BCUT2D eigenvalue weighted by Gasteiger charge is -2.35. The number of amides is 1. The molecule has 3 rings (SSSR count). The lowest BCUT2D eigenvalue weighted by Crippen LogP contribution is -2.53. The Labute approximate surface area is 146 Å². The van der Waals surface area contributed by atoms with Gasteiger partial charge in [-0.05, 0) is 49.3 Å². The summed E-state index contributed by atoms with van der Waals surface area (Å²) in [7, 11) is -3.57. The number of nitrogens with one attached hydrogen (secondary N) is 1.